The quantitative estimate of drug-likeness (QED) is 0.823. The summed E-state index contributed by atoms with van der Waals surface area (Å²) in [5.41, 5.74) is 4.37. The Morgan fingerprint density at radius 1 is 1.32 bits per heavy atom. The molecule has 25 heavy (non-hydrogen) atoms. The van der Waals surface area contributed by atoms with Crippen LogP contribution < -0.4 is 16.0 Å². The van der Waals surface area contributed by atoms with E-state index in [1.165, 1.54) is 6.42 Å². The number of amides is 2. The first kappa shape index (κ1) is 18.9. The summed E-state index contributed by atoms with van der Waals surface area (Å²) in [4.78, 5) is 26.1. The second-order valence-corrected chi connectivity index (χ2v) is 7.06. The van der Waals surface area contributed by atoms with Gasteiger partial charge >= 0.3 is 0 Å². The van der Waals surface area contributed by atoms with E-state index in [1.807, 2.05) is 30.3 Å². The molecule has 6 nitrogen and oxygen atoms in total. The number of hydrogen-bond acceptors (Lipinski definition) is 4. The molecule has 0 bridgehead atoms. The first-order valence-corrected chi connectivity index (χ1v) is 8.47. The van der Waals surface area contributed by atoms with Crippen LogP contribution in [0.1, 0.15) is 33.1 Å². The highest BCUT2D eigenvalue weighted by atomic mass is 16.2. The van der Waals surface area contributed by atoms with Crippen LogP contribution in [0.25, 0.3) is 0 Å². The van der Waals surface area contributed by atoms with Crippen molar-refractivity contribution in [1.29, 1.82) is 5.26 Å². The number of nitrogens with one attached hydrogen (secondary N) is 1. The van der Waals surface area contributed by atoms with Crippen LogP contribution in [0, 0.1) is 23.2 Å². The minimum atomic E-state index is -0.892. The van der Waals surface area contributed by atoms with Gasteiger partial charge in [-0.1, -0.05) is 32.0 Å². The van der Waals surface area contributed by atoms with Crippen LogP contribution in [-0.4, -0.2) is 30.4 Å². The van der Waals surface area contributed by atoms with E-state index in [9.17, 15) is 14.9 Å². The van der Waals surface area contributed by atoms with Crippen molar-refractivity contribution in [2.24, 2.45) is 11.1 Å². The van der Waals surface area contributed by atoms with Crippen molar-refractivity contribution in [2.75, 3.05) is 18.0 Å². The van der Waals surface area contributed by atoms with Crippen LogP contribution in [0.4, 0.5) is 5.69 Å². The maximum atomic E-state index is 13.0. The summed E-state index contributed by atoms with van der Waals surface area (Å²) < 4.78 is 0. The fourth-order valence-corrected chi connectivity index (χ4v) is 2.92. The van der Waals surface area contributed by atoms with E-state index in [1.54, 1.807) is 18.7 Å². The van der Waals surface area contributed by atoms with E-state index in [0.29, 0.717) is 31.6 Å². The Balaban J connectivity index is 2.31. The lowest BCUT2D eigenvalue weighted by Crippen LogP contribution is -2.56. The molecule has 1 saturated heterocycles. The van der Waals surface area contributed by atoms with Crippen molar-refractivity contribution in [3.05, 3.63) is 36.8 Å². The minimum absolute atomic E-state index is 0.226. The predicted molar refractivity (Wildman–Crippen MR) is 96.3 cm³/mol. The lowest BCUT2D eigenvalue weighted by atomic mass is 9.84. The van der Waals surface area contributed by atoms with E-state index in [-0.39, 0.29) is 12.3 Å². The SMILES string of the molecule is CC(C)(C[CH]C(=O)N(c1ccccc1)C1(C#N)CCNCC1)C(N)=O. The number of nitrogens with zero attached hydrogens (tertiary/aromatic N) is 2. The van der Waals surface area contributed by atoms with Gasteiger partial charge < -0.3 is 11.1 Å². The second kappa shape index (κ2) is 7.66. The van der Waals surface area contributed by atoms with Crippen LogP contribution in [0.3, 0.4) is 0 Å². The number of piperidine rings is 1. The fourth-order valence-electron chi connectivity index (χ4n) is 2.92. The normalized spacial score (nSPS) is 16.7. The molecule has 2 amide bonds. The zero-order valence-electron chi connectivity index (χ0n) is 14.8. The third-order valence-electron chi connectivity index (χ3n) is 4.76. The number of para-hydroxylation sites is 1. The molecule has 1 aliphatic heterocycles. The highest BCUT2D eigenvalue weighted by Gasteiger charge is 2.42. The minimum Gasteiger partial charge on any atom is -0.369 e. The Hall–Kier alpha value is -2.39. The zero-order chi connectivity index (χ0) is 18.5. The number of rotatable bonds is 6. The molecule has 0 spiro atoms. The Labute approximate surface area is 149 Å². The van der Waals surface area contributed by atoms with E-state index >= 15 is 0 Å². The lowest BCUT2D eigenvalue weighted by molar-refractivity contribution is -0.126. The molecule has 2 rings (SSSR count). The van der Waals surface area contributed by atoms with Crippen molar-refractivity contribution < 1.29 is 9.59 Å². The molecule has 1 aromatic carbocycles. The van der Waals surface area contributed by atoms with Gasteiger partial charge in [-0.05, 0) is 44.5 Å². The van der Waals surface area contributed by atoms with Gasteiger partial charge in [-0.3, -0.25) is 14.5 Å². The van der Waals surface area contributed by atoms with Crippen molar-refractivity contribution in [2.45, 2.75) is 38.6 Å². The number of nitrogens with two attached hydrogens (primary N) is 1. The number of hydrogen-bond donors (Lipinski definition) is 2. The number of nitriles is 1. The molecule has 6 heteroatoms. The van der Waals surface area contributed by atoms with Gasteiger partial charge in [-0.15, -0.1) is 0 Å². The molecule has 0 unspecified atom stereocenters. The van der Waals surface area contributed by atoms with Crippen molar-refractivity contribution in [3.8, 4) is 6.07 Å². The Morgan fingerprint density at radius 3 is 2.44 bits per heavy atom. The molecule has 0 saturated carbocycles. The monoisotopic (exact) mass is 341 g/mol. The molecule has 1 heterocycles. The summed E-state index contributed by atoms with van der Waals surface area (Å²) >= 11 is 0. The molecule has 133 valence electrons. The first-order valence-electron chi connectivity index (χ1n) is 8.47. The average Bonchev–Trinajstić information content (AvgIpc) is 2.62. The Bertz CT molecular complexity index is 658. The van der Waals surface area contributed by atoms with Crippen LogP contribution >= 0.6 is 0 Å². The number of anilines is 1. The number of primary amides is 1. The van der Waals surface area contributed by atoms with Crippen molar-refractivity contribution in [3.63, 3.8) is 0 Å². The van der Waals surface area contributed by atoms with Gasteiger partial charge in [-0.25, -0.2) is 0 Å². The van der Waals surface area contributed by atoms with Gasteiger partial charge in [0.1, 0.15) is 5.54 Å². The largest absolute Gasteiger partial charge is 0.369 e. The molecule has 0 atom stereocenters. The van der Waals surface area contributed by atoms with Crippen molar-refractivity contribution in [1.82, 2.24) is 5.32 Å². The summed E-state index contributed by atoms with van der Waals surface area (Å²) in [5, 5.41) is 13.1. The van der Waals surface area contributed by atoms with Gasteiger partial charge in [0.25, 0.3) is 0 Å². The van der Waals surface area contributed by atoms with Crippen LogP contribution in [0.15, 0.2) is 30.3 Å². The molecule has 1 aromatic rings. The summed E-state index contributed by atoms with van der Waals surface area (Å²) in [5.74, 6) is -0.733. The smallest absolute Gasteiger partial charge is 0.232 e. The second-order valence-electron chi connectivity index (χ2n) is 7.06. The first-order chi connectivity index (χ1) is 11.8. The Kier molecular flexibility index (Phi) is 5.81. The fraction of sp³-hybridized carbons (Fsp3) is 0.474. The van der Waals surface area contributed by atoms with E-state index in [4.69, 9.17) is 5.73 Å². The topological polar surface area (TPSA) is 99.2 Å². The zero-order valence-corrected chi connectivity index (χ0v) is 14.8. The molecular weight excluding hydrogens is 316 g/mol. The third-order valence-corrected chi connectivity index (χ3v) is 4.76. The molecule has 1 fully saturated rings. The highest BCUT2D eigenvalue weighted by molar-refractivity contribution is 6.01. The maximum absolute atomic E-state index is 13.0. The van der Waals surface area contributed by atoms with Crippen LogP contribution in [0.5, 0.6) is 0 Å². The highest BCUT2D eigenvalue weighted by Crippen LogP contribution is 2.33. The summed E-state index contributed by atoms with van der Waals surface area (Å²) in [6.45, 7) is 4.76. The summed E-state index contributed by atoms with van der Waals surface area (Å²) in [7, 11) is 0. The average molecular weight is 341 g/mol. The van der Waals surface area contributed by atoms with Crippen LogP contribution in [0.2, 0.25) is 0 Å². The number of carbonyl (C=O) groups is 2. The van der Waals surface area contributed by atoms with E-state index < -0.39 is 16.9 Å². The van der Waals surface area contributed by atoms with Gasteiger partial charge in [-0.2, -0.15) is 5.26 Å². The van der Waals surface area contributed by atoms with Gasteiger partial charge in [0.2, 0.25) is 11.8 Å². The summed E-state index contributed by atoms with van der Waals surface area (Å²) in [6, 6.07) is 11.6. The molecule has 1 aliphatic rings. The third kappa shape index (κ3) is 4.18. The Morgan fingerprint density at radius 2 is 1.92 bits per heavy atom. The molecule has 3 N–H and O–H groups in total. The number of benzene rings is 1. The van der Waals surface area contributed by atoms with Gasteiger partial charge in [0.15, 0.2) is 0 Å². The lowest BCUT2D eigenvalue weighted by Gasteiger charge is -2.41. The van der Waals surface area contributed by atoms with Gasteiger partial charge in [0.05, 0.1) is 12.5 Å². The van der Waals surface area contributed by atoms with E-state index in [2.05, 4.69) is 11.4 Å². The predicted octanol–water partition coefficient (Wildman–Crippen LogP) is 1.77. The molecule has 0 aromatic heterocycles. The van der Waals surface area contributed by atoms with Gasteiger partial charge in [0, 0.05) is 11.1 Å². The van der Waals surface area contributed by atoms with E-state index in [0.717, 1.165) is 0 Å². The summed E-state index contributed by atoms with van der Waals surface area (Å²) in [6.07, 6.45) is 2.80. The van der Waals surface area contributed by atoms with Crippen molar-refractivity contribution >= 4 is 17.5 Å². The maximum Gasteiger partial charge on any atom is 0.232 e. The molecule has 0 aliphatic carbocycles. The molecule has 1 radical (unpaired) electrons. The van der Waals surface area contributed by atoms with Crippen LogP contribution in [-0.2, 0) is 9.59 Å². The number of carbonyl (C=O) groups excluding carboxylic acids is 2. The molecular formula is C19H25N4O2. The standard InChI is InChI=1S/C19H25N4O2/c1-18(2,17(21)25)9-8-16(24)23(15-6-4-3-5-7-15)19(14-20)10-12-22-13-11-19/h3-8,22H,9-13H2,1-2H3,(H2,21,25).